The first-order valence-electron chi connectivity index (χ1n) is 8.24. The summed E-state index contributed by atoms with van der Waals surface area (Å²) in [7, 11) is 1.65. The van der Waals surface area contributed by atoms with Crippen molar-refractivity contribution in [2.24, 2.45) is 0 Å². The predicted molar refractivity (Wildman–Crippen MR) is 105 cm³/mol. The number of nitrogens with zero attached hydrogens (tertiary/aromatic N) is 3. The highest BCUT2D eigenvalue weighted by Crippen LogP contribution is 2.25. The van der Waals surface area contributed by atoms with Gasteiger partial charge in [0.15, 0.2) is 4.77 Å². The molecule has 0 saturated heterocycles. The van der Waals surface area contributed by atoms with Crippen molar-refractivity contribution in [1.82, 2.24) is 19.3 Å². The van der Waals surface area contributed by atoms with E-state index >= 15 is 0 Å². The first-order chi connectivity index (χ1) is 12.7. The molecule has 2 heterocycles. The van der Waals surface area contributed by atoms with E-state index in [1.807, 2.05) is 76.2 Å². The van der Waals surface area contributed by atoms with Crippen LogP contribution in [0.15, 0.2) is 67.0 Å². The molecule has 0 fully saturated rings. The minimum Gasteiger partial charge on any atom is -0.497 e. The molecule has 0 amide bonds. The Hall–Kier alpha value is -3.12. The lowest BCUT2D eigenvalue weighted by atomic mass is 10.2. The summed E-state index contributed by atoms with van der Waals surface area (Å²) in [6.07, 6.45) is 3.87. The molecule has 0 spiro atoms. The van der Waals surface area contributed by atoms with Crippen molar-refractivity contribution in [2.75, 3.05) is 7.11 Å². The van der Waals surface area contributed by atoms with E-state index in [9.17, 15) is 0 Å². The molecule has 2 aromatic heterocycles. The molecule has 6 heteroatoms. The standard InChI is InChI=1S/C20H18N4OS/c1-14-18(12-21-24(14)16-6-4-3-5-7-16)19-13-23(20(26)22-19)15-8-10-17(25-2)11-9-15/h3-13H,1-2H3,(H,22,26). The number of hydrogen-bond acceptors (Lipinski definition) is 3. The highest BCUT2D eigenvalue weighted by atomic mass is 32.1. The molecule has 2 aromatic carbocycles. The highest BCUT2D eigenvalue weighted by Gasteiger charge is 2.13. The molecule has 0 atom stereocenters. The Balaban J connectivity index is 1.74. The number of aromatic amines is 1. The molecule has 0 saturated carbocycles. The van der Waals surface area contributed by atoms with Crippen molar-refractivity contribution in [3.63, 3.8) is 0 Å². The van der Waals surface area contributed by atoms with E-state index in [0.29, 0.717) is 4.77 Å². The molecule has 0 aliphatic rings. The number of nitrogens with one attached hydrogen (secondary N) is 1. The van der Waals surface area contributed by atoms with E-state index in [1.54, 1.807) is 7.11 Å². The number of ether oxygens (including phenoxy) is 1. The Kier molecular flexibility index (Phi) is 4.18. The lowest BCUT2D eigenvalue weighted by Gasteiger charge is -2.05. The van der Waals surface area contributed by atoms with E-state index < -0.39 is 0 Å². The van der Waals surface area contributed by atoms with Crippen molar-refractivity contribution in [2.45, 2.75) is 6.92 Å². The fraction of sp³-hybridized carbons (Fsp3) is 0.100. The highest BCUT2D eigenvalue weighted by molar-refractivity contribution is 7.71. The van der Waals surface area contributed by atoms with Crippen LogP contribution in [0, 0.1) is 11.7 Å². The Labute approximate surface area is 156 Å². The normalized spacial score (nSPS) is 10.8. The van der Waals surface area contributed by atoms with Crippen LogP contribution in [0.5, 0.6) is 5.75 Å². The minimum atomic E-state index is 0.636. The smallest absolute Gasteiger partial charge is 0.182 e. The molecule has 0 aliphatic carbocycles. The summed E-state index contributed by atoms with van der Waals surface area (Å²) in [4.78, 5) is 3.29. The van der Waals surface area contributed by atoms with Gasteiger partial charge in [0.25, 0.3) is 0 Å². The van der Waals surface area contributed by atoms with Crippen LogP contribution in [0.2, 0.25) is 0 Å². The number of H-pyrrole nitrogens is 1. The third-order valence-electron chi connectivity index (χ3n) is 4.37. The first kappa shape index (κ1) is 16.4. The van der Waals surface area contributed by atoms with Crippen LogP contribution in [-0.4, -0.2) is 26.4 Å². The number of methoxy groups -OCH3 is 1. The Morgan fingerprint density at radius 1 is 1.00 bits per heavy atom. The van der Waals surface area contributed by atoms with E-state index in [4.69, 9.17) is 17.0 Å². The average molecular weight is 362 g/mol. The fourth-order valence-electron chi connectivity index (χ4n) is 2.97. The van der Waals surface area contributed by atoms with Gasteiger partial charge in [-0.2, -0.15) is 5.10 Å². The zero-order valence-corrected chi connectivity index (χ0v) is 15.3. The third-order valence-corrected chi connectivity index (χ3v) is 4.67. The maximum absolute atomic E-state index is 5.51. The zero-order chi connectivity index (χ0) is 18.1. The van der Waals surface area contributed by atoms with Crippen LogP contribution < -0.4 is 4.74 Å². The molecule has 0 aliphatic heterocycles. The van der Waals surface area contributed by atoms with Gasteiger partial charge >= 0.3 is 0 Å². The molecule has 4 rings (SSSR count). The molecular formula is C20H18N4OS. The van der Waals surface area contributed by atoms with Crippen LogP contribution in [0.3, 0.4) is 0 Å². The summed E-state index contributed by atoms with van der Waals surface area (Å²) in [6.45, 7) is 2.05. The van der Waals surface area contributed by atoms with Crippen LogP contribution in [0.25, 0.3) is 22.6 Å². The molecule has 0 unspecified atom stereocenters. The van der Waals surface area contributed by atoms with E-state index in [0.717, 1.165) is 34.1 Å². The predicted octanol–water partition coefficient (Wildman–Crippen LogP) is 4.70. The fourth-order valence-corrected chi connectivity index (χ4v) is 3.24. The molecule has 26 heavy (non-hydrogen) atoms. The third kappa shape index (κ3) is 2.84. The summed E-state index contributed by atoms with van der Waals surface area (Å²) in [6, 6.07) is 17.9. The van der Waals surface area contributed by atoms with Gasteiger partial charge in [-0.05, 0) is 55.5 Å². The molecule has 130 valence electrons. The van der Waals surface area contributed by atoms with Crippen LogP contribution in [0.4, 0.5) is 0 Å². The van der Waals surface area contributed by atoms with Crippen molar-refractivity contribution >= 4 is 12.2 Å². The number of hydrogen-bond donors (Lipinski definition) is 1. The second-order valence-electron chi connectivity index (χ2n) is 5.93. The van der Waals surface area contributed by atoms with Gasteiger partial charge in [0.05, 0.1) is 30.4 Å². The molecule has 0 bridgehead atoms. The summed E-state index contributed by atoms with van der Waals surface area (Å²) >= 11 is 5.51. The van der Waals surface area contributed by atoms with Crippen molar-refractivity contribution in [3.05, 3.63) is 77.5 Å². The van der Waals surface area contributed by atoms with Crippen LogP contribution in [-0.2, 0) is 0 Å². The lowest BCUT2D eigenvalue weighted by Crippen LogP contribution is -1.98. The molecule has 5 nitrogen and oxygen atoms in total. The molecule has 1 N–H and O–H groups in total. The van der Waals surface area contributed by atoms with Crippen molar-refractivity contribution in [3.8, 4) is 28.4 Å². The van der Waals surface area contributed by atoms with Crippen LogP contribution in [0.1, 0.15) is 5.69 Å². The SMILES string of the molecule is COc1ccc(-n2cc(-c3cnn(-c4ccccc4)c3C)[nH]c2=S)cc1. The molecule has 4 aromatic rings. The Morgan fingerprint density at radius 3 is 2.42 bits per heavy atom. The number of para-hydroxylation sites is 1. The minimum absolute atomic E-state index is 0.636. The van der Waals surface area contributed by atoms with Gasteiger partial charge in [0.2, 0.25) is 0 Å². The monoisotopic (exact) mass is 362 g/mol. The van der Waals surface area contributed by atoms with Crippen LogP contribution >= 0.6 is 12.2 Å². The summed E-state index contributed by atoms with van der Waals surface area (Å²) in [5.41, 5.74) is 5.02. The summed E-state index contributed by atoms with van der Waals surface area (Å²) < 4.78 is 9.73. The van der Waals surface area contributed by atoms with E-state index in [-0.39, 0.29) is 0 Å². The van der Waals surface area contributed by atoms with Gasteiger partial charge in [-0.25, -0.2) is 4.68 Å². The summed E-state index contributed by atoms with van der Waals surface area (Å²) in [5.74, 6) is 0.816. The second-order valence-corrected chi connectivity index (χ2v) is 6.32. The quantitative estimate of drug-likeness (QED) is 0.535. The van der Waals surface area contributed by atoms with Gasteiger partial charge in [-0.3, -0.25) is 4.57 Å². The summed E-state index contributed by atoms with van der Waals surface area (Å²) in [5, 5.41) is 4.53. The average Bonchev–Trinajstić information content (AvgIpc) is 3.25. The number of imidazole rings is 1. The molecule has 0 radical (unpaired) electrons. The Bertz CT molecular complexity index is 1090. The largest absolute Gasteiger partial charge is 0.497 e. The lowest BCUT2D eigenvalue weighted by molar-refractivity contribution is 0.414. The van der Waals surface area contributed by atoms with Gasteiger partial charge in [0, 0.05) is 17.4 Å². The number of rotatable bonds is 4. The maximum atomic E-state index is 5.51. The maximum Gasteiger partial charge on any atom is 0.182 e. The van der Waals surface area contributed by atoms with Crippen molar-refractivity contribution < 1.29 is 4.74 Å². The zero-order valence-electron chi connectivity index (χ0n) is 14.5. The van der Waals surface area contributed by atoms with Gasteiger partial charge in [-0.1, -0.05) is 18.2 Å². The number of benzene rings is 2. The van der Waals surface area contributed by atoms with Gasteiger partial charge in [0.1, 0.15) is 5.75 Å². The number of aromatic nitrogens is 4. The topological polar surface area (TPSA) is 47.8 Å². The Morgan fingerprint density at radius 2 is 1.73 bits per heavy atom. The van der Waals surface area contributed by atoms with E-state index in [2.05, 4.69) is 17.0 Å². The van der Waals surface area contributed by atoms with Crippen molar-refractivity contribution in [1.29, 1.82) is 0 Å². The van der Waals surface area contributed by atoms with E-state index in [1.165, 1.54) is 0 Å². The molecular weight excluding hydrogens is 344 g/mol. The second kappa shape index (κ2) is 6.65. The van der Waals surface area contributed by atoms with Gasteiger partial charge in [-0.15, -0.1) is 0 Å². The van der Waals surface area contributed by atoms with Gasteiger partial charge < -0.3 is 9.72 Å². The first-order valence-corrected chi connectivity index (χ1v) is 8.64.